The Morgan fingerprint density at radius 2 is 1.52 bits per heavy atom. The minimum atomic E-state index is 0.185. The minimum absolute atomic E-state index is 0.185. The molecule has 5 nitrogen and oxygen atoms in total. The molecule has 0 fully saturated rings. The Balaban J connectivity index is 2.03. The predicted octanol–water partition coefficient (Wildman–Crippen LogP) is 4.70. The molecule has 0 aliphatic rings. The van der Waals surface area contributed by atoms with Gasteiger partial charge in [0.1, 0.15) is 17.9 Å². The quantitative estimate of drug-likeness (QED) is 0.694. The number of phenols is 1. The summed E-state index contributed by atoms with van der Waals surface area (Å²) < 4.78 is 0. The van der Waals surface area contributed by atoms with Crippen LogP contribution in [0.3, 0.4) is 0 Å². The van der Waals surface area contributed by atoms with Gasteiger partial charge in [0.2, 0.25) is 0 Å². The number of nitriles is 2. The highest BCUT2D eigenvalue weighted by molar-refractivity contribution is 5.96. The fourth-order valence-electron chi connectivity index (χ4n) is 2.25. The third-order valence-electron chi connectivity index (χ3n) is 3.40. The van der Waals surface area contributed by atoms with E-state index in [2.05, 4.69) is 10.2 Å². The maximum Gasteiger partial charge on any atom is 0.123 e. The van der Waals surface area contributed by atoms with Crippen LogP contribution >= 0.6 is 0 Å². The number of aromatic hydroxyl groups is 1. The lowest BCUT2D eigenvalue weighted by molar-refractivity contribution is 0.481. The average molecular weight is 298 g/mol. The maximum absolute atomic E-state index is 9.87. The van der Waals surface area contributed by atoms with Gasteiger partial charge >= 0.3 is 0 Å². The van der Waals surface area contributed by atoms with Crippen molar-refractivity contribution in [3.63, 3.8) is 0 Å². The van der Waals surface area contributed by atoms with E-state index in [-0.39, 0.29) is 11.3 Å². The highest BCUT2D eigenvalue weighted by atomic mass is 16.3. The summed E-state index contributed by atoms with van der Waals surface area (Å²) in [4.78, 5) is 0. The molecule has 0 unspecified atom stereocenters. The number of fused-ring (bicyclic) bond motifs is 1. The van der Waals surface area contributed by atoms with Gasteiger partial charge in [-0.15, -0.1) is 5.11 Å². The van der Waals surface area contributed by atoms with Crippen LogP contribution in [-0.2, 0) is 0 Å². The molecule has 0 heterocycles. The average Bonchev–Trinajstić information content (AvgIpc) is 2.61. The van der Waals surface area contributed by atoms with Gasteiger partial charge in [0.05, 0.1) is 22.5 Å². The summed E-state index contributed by atoms with van der Waals surface area (Å²) in [5, 5.41) is 37.6. The van der Waals surface area contributed by atoms with Crippen LogP contribution in [0.4, 0.5) is 11.4 Å². The lowest BCUT2D eigenvalue weighted by Crippen LogP contribution is -1.81. The first-order valence-electron chi connectivity index (χ1n) is 6.79. The van der Waals surface area contributed by atoms with Gasteiger partial charge in [-0.05, 0) is 30.3 Å². The molecule has 108 valence electrons. The monoisotopic (exact) mass is 298 g/mol. The van der Waals surface area contributed by atoms with Gasteiger partial charge < -0.3 is 5.11 Å². The molecule has 0 aliphatic heterocycles. The Kier molecular flexibility index (Phi) is 3.70. The Bertz CT molecular complexity index is 1010. The van der Waals surface area contributed by atoms with Crippen LogP contribution in [0.25, 0.3) is 10.8 Å². The molecule has 0 aliphatic carbocycles. The van der Waals surface area contributed by atoms with E-state index in [9.17, 15) is 5.11 Å². The summed E-state index contributed by atoms with van der Waals surface area (Å²) in [7, 11) is 0. The molecule has 0 saturated carbocycles. The van der Waals surface area contributed by atoms with Crippen LogP contribution in [0.1, 0.15) is 11.1 Å². The lowest BCUT2D eigenvalue weighted by Gasteiger charge is -2.03. The van der Waals surface area contributed by atoms with Gasteiger partial charge in [-0.2, -0.15) is 15.6 Å². The van der Waals surface area contributed by atoms with Crippen LogP contribution < -0.4 is 0 Å². The summed E-state index contributed by atoms with van der Waals surface area (Å²) in [6.07, 6.45) is 0. The molecule has 1 N–H and O–H groups in total. The molecule has 3 aromatic rings. The normalized spacial score (nSPS) is 10.5. The first kappa shape index (κ1) is 14.2. The molecule has 23 heavy (non-hydrogen) atoms. The number of azo groups is 1. The van der Waals surface area contributed by atoms with Gasteiger partial charge in [-0.3, -0.25) is 0 Å². The second-order valence-electron chi connectivity index (χ2n) is 4.80. The number of hydrogen-bond donors (Lipinski definition) is 1. The molecule has 0 amide bonds. The van der Waals surface area contributed by atoms with E-state index in [0.29, 0.717) is 22.3 Å². The smallest absolute Gasteiger partial charge is 0.123 e. The topological polar surface area (TPSA) is 92.5 Å². The van der Waals surface area contributed by atoms with Crippen molar-refractivity contribution in [2.75, 3.05) is 0 Å². The summed E-state index contributed by atoms with van der Waals surface area (Å²) in [5.41, 5.74) is 1.67. The maximum atomic E-state index is 9.87. The third-order valence-corrected chi connectivity index (χ3v) is 3.40. The Hall–Kier alpha value is -3.70. The van der Waals surface area contributed by atoms with E-state index in [1.807, 2.05) is 30.3 Å². The van der Waals surface area contributed by atoms with E-state index in [1.54, 1.807) is 30.3 Å². The second-order valence-corrected chi connectivity index (χ2v) is 4.80. The predicted molar refractivity (Wildman–Crippen MR) is 85.7 cm³/mol. The molecule has 0 saturated heterocycles. The minimum Gasteiger partial charge on any atom is -0.507 e. The van der Waals surface area contributed by atoms with Crippen LogP contribution in [0.2, 0.25) is 0 Å². The third kappa shape index (κ3) is 2.72. The molecular formula is C18H10N4O. The van der Waals surface area contributed by atoms with Gasteiger partial charge in [0, 0.05) is 10.8 Å². The van der Waals surface area contributed by atoms with Crippen molar-refractivity contribution in [2.24, 2.45) is 10.2 Å². The summed E-state index contributed by atoms with van der Waals surface area (Å²) >= 11 is 0. The van der Waals surface area contributed by atoms with Gasteiger partial charge in [0.15, 0.2) is 0 Å². The van der Waals surface area contributed by atoms with Crippen LogP contribution in [0.15, 0.2) is 64.8 Å². The van der Waals surface area contributed by atoms with E-state index in [4.69, 9.17) is 10.5 Å². The number of benzene rings is 3. The summed E-state index contributed by atoms with van der Waals surface area (Å²) in [5.74, 6) is 0.185. The standard InChI is InChI=1S/C18H10N4O/c19-10-12-5-6-14(9-13(12)11-20)21-22-17-7-8-18(23)16-4-2-1-3-15(16)17/h1-9,23H. The van der Waals surface area contributed by atoms with Crippen molar-refractivity contribution < 1.29 is 5.11 Å². The number of nitrogens with zero attached hydrogens (tertiary/aromatic N) is 4. The molecule has 3 rings (SSSR count). The zero-order chi connectivity index (χ0) is 16.2. The van der Waals surface area contributed by atoms with Gasteiger partial charge in [0.25, 0.3) is 0 Å². The lowest BCUT2D eigenvalue weighted by atomic mass is 10.1. The molecular weight excluding hydrogens is 288 g/mol. The number of phenolic OH excluding ortho intramolecular Hbond substituents is 1. The summed E-state index contributed by atoms with van der Waals surface area (Å²) in [6, 6.07) is 19.2. The highest BCUT2D eigenvalue weighted by Gasteiger charge is 2.05. The van der Waals surface area contributed by atoms with Crippen LogP contribution in [0.5, 0.6) is 5.75 Å². The van der Waals surface area contributed by atoms with Crippen molar-refractivity contribution in [1.82, 2.24) is 0 Å². The van der Waals surface area contributed by atoms with Crippen molar-refractivity contribution in [3.8, 4) is 17.9 Å². The van der Waals surface area contributed by atoms with Crippen molar-refractivity contribution in [1.29, 1.82) is 10.5 Å². The van der Waals surface area contributed by atoms with E-state index >= 15 is 0 Å². The van der Waals surface area contributed by atoms with Gasteiger partial charge in [-0.25, -0.2) is 0 Å². The van der Waals surface area contributed by atoms with Crippen LogP contribution in [0, 0.1) is 22.7 Å². The summed E-state index contributed by atoms with van der Waals surface area (Å²) in [6.45, 7) is 0. The molecule has 0 bridgehead atoms. The van der Waals surface area contributed by atoms with Crippen LogP contribution in [-0.4, -0.2) is 5.11 Å². The van der Waals surface area contributed by atoms with Crippen molar-refractivity contribution in [3.05, 3.63) is 65.7 Å². The molecule has 0 radical (unpaired) electrons. The van der Waals surface area contributed by atoms with E-state index in [1.165, 1.54) is 6.07 Å². The number of rotatable bonds is 2. The molecule has 0 aromatic heterocycles. The highest BCUT2D eigenvalue weighted by Crippen LogP contribution is 2.33. The zero-order valence-electron chi connectivity index (χ0n) is 11.9. The van der Waals surface area contributed by atoms with Gasteiger partial charge in [-0.1, -0.05) is 24.3 Å². The Morgan fingerprint density at radius 1 is 0.783 bits per heavy atom. The molecule has 0 atom stereocenters. The fraction of sp³-hybridized carbons (Fsp3) is 0. The molecule has 3 aromatic carbocycles. The number of hydrogen-bond acceptors (Lipinski definition) is 5. The zero-order valence-corrected chi connectivity index (χ0v) is 11.9. The SMILES string of the molecule is N#Cc1ccc(N=Nc2ccc(O)c3ccccc23)cc1C#N. The van der Waals surface area contributed by atoms with Crippen molar-refractivity contribution in [2.45, 2.75) is 0 Å². The molecule has 0 spiro atoms. The van der Waals surface area contributed by atoms with E-state index in [0.717, 1.165) is 5.39 Å². The van der Waals surface area contributed by atoms with E-state index < -0.39 is 0 Å². The fourth-order valence-corrected chi connectivity index (χ4v) is 2.25. The Labute approximate surface area is 132 Å². The molecule has 5 heteroatoms. The first-order chi connectivity index (χ1) is 11.2. The first-order valence-corrected chi connectivity index (χ1v) is 6.79. The largest absolute Gasteiger partial charge is 0.507 e. The van der Waals surface area contributed by atoms with Crippen molar-refractivity contribution >= 4 is 22.1 Å². The Morgan fingerprint density at radius 3 is 2.26 bits per heavy atom. The second kappa shape index (κ2) is 5.97.